The number of anilines is 1. The highest BCUT2D eigenvalue weighted by Crippen LogP contribution is 2.36. The Morgan fingerprint density at radius 3 is 2.63 bits per heavy atom. The zero-order chi connectivity index (χ0) is 14.2. The molecular weight excluding hydrogens is 299 g/mol. The molecule has 0 saturated carbocycles. The molecule has 0 spiro atoms. The van der Waals surface area contributed by atoms with Crippen LogP contribution in [0.25, 0.3) is 11.3 Å². The zero-order valence-electron chi connectivity index (χ0n) is 9.70. The van der Waals surface area contributed by atoms with E-state index < -0.39 is 6.61 Å². The van der Waals surface area contributed by atoms with Crippen molar-refractivity contribution < 1.29 is 13.5 Å². The van der Waals surface area contributed by atoms with Crippen molar-refractivity contribution in [3.63, 3.8) is 0 Å². The molecule has 19 heavy (non-hydrogen) atoms. The van der Waals surface area contributed by atoms with Crippen LogP contribution in [0.15, 0.2) is 18.2 Å². The van der Waals surface area contributed by atoms with Gasteiger partial charge in [-0.3, -0.25) is 0 Å². The number of rotatable bonds is 3. The van der Waals surface area contributed by atoms with Crippen LogP contribution in [0.1, 0.15) is 0 Å². The second kappa shape index (κ2) is 5.22. The van der Waals surface area contributed by atoms with Gasteiger partial charge in [0.15, 0.2) is 0 Å². The first-order valence-corrected chi connectivity index (χ1v) is 5.88. The van der Waals surface area contributed by atoms with Crippen LogP contribution in [0.4, 0.5) is 14.5 Å². The first-order chi connectivity index (χ1) is 8.90. The van der Waals surface area contributed by atoms with Crippen molar-refractivity contribution in [2.24, 2.45) is 7.05 Å². The summed E-state index contributed by atoms with van der Waals surface area (Å²) >= 11 is 11.8. The number of hydrogen-bond acceptors (Lipinski definition) is 3. The third-order valence-corrected chi connectivity index (χ3v) is 3.09. The van der Waals surface area contributed by atoms with Crippen LogP contribution in [0.3, 0.4) is 0 Å². The topological polar surface area (TPSA) is 53.1 Å². The summed E-state index contributed by atoms with van der Waals surface area (Å²) in [5.41, 5.74) is 6.87. The van der Waals surface area contributed by atoms with E-state index in [-0.39, 0.29) is 10.9 Å². The fraction of sp³-hybridized carbons (Fsp3) is 0.182. The van der Waals surface area contributed by atoms with Crippen molar-refractivity contribution >= 4 is 28.9 Å². The maximum Gasteiger partial charge on any atom is 0.388 e. The quantitative estimate of drug-likeness (QED) is 0.882. The van der Waals surface area contributed by atoms with E-state index in [1.165, 1.54) is 7.05 Å². The molecule has 0 fully saturated rings. The van der Waals surface area contributed by atoms with E-state index in [2.05, 4.69) is 9.84 Å². The Morgan fingerprint density at radius 1 is 1.37 bits per heavy atom. The zero-order valence-corrected chi connectivity index (χ0v) is 11.2. The molecule has 0 aliphatic heterocycles. The van der Waals surface area contributed by atoms with Crippen LogP contribution in [-0.2, 0) is 7.05 Å². The molecular formula is C11H9Cl2F2N3O. The van der Waals surface area contributed by atoms with Gasteiger partial charge in [0.1, 0.15) is 10.7 Å². The minimum atomic E-state index is -2.98. The lowest BCUT2D eigenvalue weighted by molar-refractivity contribution is -0.0552. The normalized spacial score (nSPS) is 11.1. The first-order valence-electron chi connectivity index (χ1n) is 5.13. The molecule has 0 unspecified atom stereocenters. The largest absolute Gasteiger partial charge is 0.416 e. The molecule has 0 radical (unpaired) electrons. The van der Waals surface area contributed by atoms with Crippen molar-refractivity contribution in [1.29, 1.82) is 0 Å². The van der Waals surface area contributed by atoms with Crippen LogP contribution < -0.4 is 10.5 Å². The van der Waals surface area contributed by atoms with Gasteiger partial charge < -0.3 is 10.5 Å². The summed E-state index contributed by atoms with van der Waals surface area (Å²) in [5, 5.41) is 4.41. The highest BCUT2D eigenvalue weighted by molar-refractivity contribution is 6.35. The number of ether oxygens (including phenoxy) is 1. The fourth-order valence-corrected chi connectivity index (χ4v) is 2.00. The minimum absolute atomic E-state index is 0.00970. The number of nitrogens with zero attached hydrogens (tertiary/aromatic N) is 2. The fourth-order valence-electron chi connectivity index (χ4n) is 1.57. The van der Waals surface area contributed by atoms with Crippen molar-refractivity contribution in [3.05, 3.63) is 28.2 Å². The lowest BCUT2D eigenvalue weighted by atomic mass is 10.1. The standard InChI is InChI=1S/C11H9Cl2F2N3O/c1-18-10(19-11(14)15)8(13)9(17-18)5-2-3-6(12)7(16)4-5/h2-4,11H,16H2,1H3. The van der Waals surface area contributed by atoms with Crippen molar-refractivity contribution in [3.8, 4) is 17.1 Å². The predicted octanol–water partition coefficient (Wildman–Crippen LogP) is 3.58. The van der Waals surface area contributed by atoms with Gasteiger partial charge in [0.2, 0.25) is 5.88 Å². The molecule has 0 aliphatic carbocycles. The number of halogens is 4. The van der Waals surface area contributed by atoms with E-state index in [1.807, 2.05) is 0 Å². The SMILES string of the molecule is Cn1nc(-c2ccc(Cl)c(N)c2)c(Cl)c1OC(F)F. The molecule has 0 saturated heterocycles. The number of aromatic nitrogens is 2. The number of aryl methyl sites for hydroxylation is 1. The Hall–Kier alpha value is -1.53. The highest BCUT2D eigenvalue weighted by Gasteiger charge is 2.20. The van der Waals surface area contributed by atoms with Crippen LogP contribution >= 0.6 is 23.2 Å². The summed E-state index contributed by atoms with van der Waals surface area (Å²) in [5.74, 6) is -0.208. The van der Waals surface area contributed by atoms with Gasteiger partial charge in [-0.25, -0.2) is 4.68 Å². The van der Waals surface area contributed by atoms with Gasteiger partial charge in [-0.1, -0.05) is 29.3 Å². The van der Waals surface area contributed by atoms with Gasteiger partial charge in [-0.15, -0.1) is 0 Å². The van der Waals surface area contributed by atoms with Crippen LogP contribution in [0.2, 0.25) is 10.0 Å². The Bertz CT molecular complexity index is 616. The Labute approximate surface area is 117 Å². The first kappa shape index (κ1) is 13.9. The average molecular weight is 308 g/mol. The molecule has 2 N–H and O–H groups in total. The van der Waals surface area contributed by atoms with Crippen LogP contribution in [0, 0.1) is 0 Å². The molecule has 1 aromatic heterocycles. The maximum atomic E-state index is 12.2. The number of benzene rings is 1. The van der Waals surface area contributed by atoms with Gasteiger partial charge in [0.05, 0.1) is 10.7 Å². The van der Waals surface area contributed by atoms with E-state index in [1.54, 1.807) is 18.2 Å². The lowest BCUT2D eigenvalue weighted by Crippen LogP contribution is -2.06. The minimum Gasteiger partial charge on any atom is -0.416 e. The third-order valence-electron chi connectivity index (χ3n) is 2.41. The smallest absolute Gasteiger partial charge is 0.388 e. The molecule has 2 rings (SSSR count). The van der Waals surface area contributed by atoms with Gasteiger partial charge in [0.25, 0.3) is 0 Å². The third kappa shape index (κ3) is 2.74. The molecule has 0 aliphatic rings. The number of hydrogen-bond donors (Lipinski definition) is 1. The second-order valence-corrected chi connectivity index (χ2v) is 4.49. The van der Waals surface area contributed by atoms with E-state index in [0.29, 0.717) is 22.0 Å². The number of nitrogen functional groups attached to an aromatic ring is 1. The van der Waals surface area contributed by atoms with Crippen LogP contribution in [0.5, 0.6) is 5.88 Å². The Kier molecular flexibility index (Phi) is 3.82. The summed E-state index contributed by atoms with van der Waals surface area (Å²) in [4.78, 5) is 0. The molecule has 8 heteroatoms. The summed E-state index contributed by atoms with van der Waals surface area (Å²) in [6.45, 7) is -2.98. The monoisotopic (exact) mass is 307 g/mol. The molecule has 4 nitrogen and oxygen atoms in total. The van der Waals surface area contributed by atoms with E-state index in [0.717, 1.165) is 4.68 Å². The summed E-state index contributed by atoms with van der Waals surface area (Å²) < 4.78 is 29.9. The molecule has 1 heterocycles. The Balaban J connectivity index is 2.48. The van der Waals surface area contributed by atoms with Gasteiger partial charge in [0, 0.05) is 12.6 Å². The molecule has 0 amide bonds. The van der Waals surface area contributed by atoms with Gasteiger partial charge in [-0.05, 0) is 12.1 Å². The van der Waals surface area contributed by atoms with Gasteiger partial charge in [-0.2, -0.15) is 13.9 Å². The van der Waals surface area contributed by atoms with Crippen molar-refractivity contribution in [2.45, 2.75) is 6.61 Å². The summed E-state index contributed by atoms with van der Waals surface area (Å²) in [7, 11) is 1.45. The van der Waals surface area contributed by atoms with Crippen molar-refractivity contribution in [2.75, 3.05) is 5.73 Å². The molecule has 2 aromatic rings. The average Bonchev–Trinajstić information content (AvgIpc) is 2.60. The number of nitrogens with two attached hydrogens (primary N) is 1. The second-order valence-electron chi connectivity index (χ2n) is 3.71. The van der Waals surface area contributed by atoms with E-state index in [9.17, 15) is 8.78 Å². The van der Waals surface area contributed by atoms with Gasteiger partial charge >= 0.3 is 6.61 Å². The molecule has 102 valence electrons. The maximum absolute atomic E-state index is 12.2. The number of alkyl halides is 2. The molecule has 0 bridgehead atoms. The molecule has 1 aromatic carbocycles. The predicted molar refractivity (Wildman–Crippen MR) is 69.7 cm³/mol. The molecule has 0 atom stereocenters. The Morgan fingerprint density at radius 2 is 2.05 bits per heavy atom. The van der Waals surface area contributed by atoms with Crippen molar-refractivity contribution in [1.82, 2.24) is 9.78 Å². The summed E-state index contributed by atoms with van der Waals surface area (Å²) in [6, 6.07) is 4.77. The highest BCUT2D eigenvalue weighted by atomic mass is 35.5. The van der Waals surface area contributed by atoms with Crippen LogP contribution in [-0.4, -0.2) is 16.4 Å². The summed E-state index contributed by atoms with van der Waals surface area (Å²) in [6.07, 6.45) is 0. The van der Waals surface area contributed by atoms with E-state index >= 15 is 0 Å². The lowest BCUT2D eigenvalue weighted by Gasteiger charge is -2.04. The van der Waals surface area contributed by atoms with E-state index in [4.69, 9.17) is 28.9 Å².